The SMILES string of the molecule is CC(=O)O[CH-]C1[CH-]O1.[Y].[Y]. The fraction of sp³-hybridized carbons (Fsp3) is 0.400. The van der Waals surface area contributed by atoms with Crippen LogP contribution < -0.4 is 0 Å². The number of hydrogen-bond donors (Lipinski definition) is 0. The minimum absolute atomic E-state index is 0. The van der Waals surface area contributed by atoms with Crippen LogP contribution in [0.5, 0.6) is 0 Å². The fourth-order valence-corrected chi connectivity index (χ4v) is 0.272. The Morgan fingerprint density at radius 1 is 1.70 bits per heavy atom. The number of epoxide rings is 1. The maximum Gasteiger partial charge on any atom is 0.271 e. The molecule has 1 saturated heterocycles. The maximum atomic E-state index is 10.1. The molecule has 5 heteroatoms. The molecule has 3 nitrogen and oxygen atoms in total. The van der Waals surface area contributed by atoms with Gasteiger partial charge in [-0.3, -0.25) is 4.79 Å². The summed E-state index contributed by atoms with van der Waals surface area (Å²) in [4.78, 5) is 10.1. The molecule has 0 amide bonds. The van der Waals surface area contributed by atoms with E-state index in [-0.39, 0.29) is 77.5 Å². The molecule has 0 aromatic rings. The zero-order valence-electron chi connectivity index (χ0n) is 5.61. The largest absolute Gasteiger partial charge is 0.637 e. The number of ether oxygens (including phenoxy) is 2. The van der Waals surface area contributed by atoms with Crippen molar-refractivity contribution in [3.05, 3.63) is 13.2 Å². The number of carbonyl (C=O) groups is 1. The minimum Gasteiger partial charge on any atom is -0.637 e. The van der Waals surface area contributed by atoms with E-state index in [2.05, 4.69) is 9.47 Å². The van der Waals surface area contributed by atoms with E-state index in [4.69, 9.17) is 0 Å². The van der Waals surface area contributed by atoms with Crippen molar-refractivity contribution in [3.63, 3.8) is 0 Å². The second-order valence-corrected chi connectivity index (χ2v) is 1.48. The van der Waals surface area contributed by atoms with E-state index in [1.165, 1.54) is 13.5 Å². The summed E-state index contributed by atoms with van der Waals surface area (Å²) in [6.45, 7) is 4.27. The first kappa shape index (κ1) is 14.2. The van der Waals surface area contributed by atoms with Gasteiger partial charge in [0.05, 0.1) is 0 Å². The van der Waals surface area contributed by atoms with Crippen LogP contribution in [0.2, 0.25) is 0 Å². The molecule has 0 saturated carbocycles. The van der Waals surface area contributed by atoms with Crippen molar-refractivity contribution in [2.75, 3.05) is 0 Å². The Balaban J connectivity index is 0. The van der Waals surface area contributed by atoms with Crippen LogP contribution in [0, 0.1) is 13.2 Å². The smallest absolute Gasteiger partial charge is 0.271 e. The first-order chi connectivity index (χ1) is 3.79. The van der Waals surface area contributed by atoms with Gasteiger partial charge in [0.15, 0.2) is 0 Å². The Hall–Kier alpha value is 1.64. The van der Waals surface area contributed by atoms with Crippen molar-refractivity contribution < 1.29 is 79.7 Å². The Labute approximate surface area is 110 Å². The predicted octanol–water partition coefficient (Wildman–Crippen LogP) is 0.267. The summed E-state index contributed by atoms with van der Waals surface area (Å²) >= 11 is 0. The molecule has 1 unspecified atom stereocenters. The molecule has 1 fully saturated rings. The third kappa shape index (κ3) is 7.74. The van der Waals surface area contributed by atoms with Crippen molar-refractivity contribution in [3.8, 4) is 0 Å². The molecule has 1 atom stereocenters. The van der Waals surface area contributed by atoms with Crippen molar-refractivity contribution in [1.29, 1.82) is 0 Å². The summed E-state index contributed by atoms with van der Waals surface area (Å²) in [5, 5.41) is 0. The van der Waals surface area contributed by atoms with E-state index < -0.39 is 0 Å². The summed E-state index contributed by atoms with van der Waals surface area (Å²) in [6, 6.07) is 0. The van der Waals surface area contributed by atoms with Crippen LogP contribution in [-0.4, -0.2) is 12.1 Å². The molecule has 0 aromatic carbocycles. The molecule has 52 valence electrons. The van der Waals surface area contributed by atoms with Crippen LogP contribution in [0.15, 0.2) is 0 Å². The average Bonchev–Trinajstić information content (AvgIpc) is 2.41. The van der Waals surface area contributed by atoms with Gasteiger partial charge in [-0.1, -0.05) is 0 Å². The number of rotatable bonds is 2. The normalized spacial score (nSPS) is 19.9. The van der Waals surface area contributed by atoms with E-state index in [0.29, 0.717) is 0 Å². The van der Waals surface area contributed by atoms with Crippen molar-refractivity contribution in [2.24, 2.45) is 0 Å². The molecule has 1 aliphatic rings. The van der Waals surface area contributed by atoms with Crippen LogP contribution in [0.25, 0.3) is 0 Å². The maximum absolute atomic E-state index is 10.1. The number of carbonyl (C=O) groups excluding carboxylic acids is 1. The van der Waals surface area contributed by atoms with Crippen LogP contribution in [0.1, 0.15) is 6.92 Å². The molecule has 1 rings (SSSR count). The quantitative estimate of drug-likeness (QED) is 0.416. The van der Waals surface area contributed by atoms with Gasteiger partial charge < -0.3 is 9.47 Å². The molecule has 0 aromatic heterocycles. The monoisotopic (exact) mass is 292 g/mol. The summed E-state index contributed by atoms with van der Waals surface area (Å²) in [5.74, 6) is -0.311. The summed E-state index contributed by atoms with van der Waals surface area (Å²) < 4.78 is 9.05. The van der Waals surface area contributed by atoms with E-state index in [9.17, 15) is 4.79 Å². The van der Waals surface area contributed by atoms with Gasteiger partial charge in [0, 0.05) is 72.3 Å². The average molecular weight is 292 g/mol. The number of hydrogen-bond acceptors (Lipinski definition) is 3. The van der Waals surface area contributed by atoms with Gasteiger partial charge in [-0.2, -0.15) is 12.7 Å². The molecule has 0 spiro atoms. The molecule has 1 heterocycles. The zero-order chi connectivity index (χ0) is 5.98. The van der Waals surface area contributed by atoms with Crippen LogP contribution in [0.3, 0.4) is 0 Å². The molecule has 10 heavy (non-hydrogen) atoms. The van der Waals surface area contributed by atoms with E-state index in [0.717, 1.165) is 0 Å². The predicted molar refractivity (Wildman–Crippen MR) is 25.2 cm³/mol. The van der Waals surface area contributed by atoms with Gasteiger partial charge in [-0.15, -0.1) is 0 Å². The first-order valence-corrected chi connectivity index (χ1v) is 2.28. The summed E-state index contributed by atoms with van der Waals surface area (Å²) in [6.07, 6.45) is -0.0566. The van der Waals surface area contributed by atoms with Crippen LogP contribution >= 0.6 is 0 Å². The molecular weight excluding hydrogens is 286 g/mol. The van der Waals surface area contributed by atoms with E-state index in [1.807, 2.05) is 0 Å². The van der Waals surface area contributed by atoms with Crippen LogP contribution in [0.4, 0.5) is 0 Å². The van der Waals surface area contributed by atoms with Crippen LogP contribution in [-0.2, 0) is 79.7 Å². The standard InChI is InChI=1S/C5H6O3.2Y/c1-4(6)7-2-5-3-8-5;;/h2-3,5H,1H3;;/q-2;;. The van der Waals surface area contributed by atoms with Crippen molar-refractivity contribution in [1.82, 2.24) is 0 Å². The molecule has 0 bridgehead atoms. The zero-order valence-corrected chi connectivity index (χ0v) is 11.3. The Kier molecular flexibility index (Phi) is 10.3. The Bertz CT molecular complexity index is 103. The van der Waals surface area contributed by atoms with E-state index >= 15 is 0 Å². The molecule has 0 aliphatic carbocycles. The van der Waals surface area contributed by atoms with Gasteiger partial charge >= 0.3 is 0 Å². The van der Waals surface area contributed by atoms with Crippen molar-refractivity contribution >= 4 is 5.97 Å². The topological polar surface area (TPSA) is 38.8 Å². The van der Waals surface area contributed by atoms with Crippen molar-refractivity contribution in [2.45, 2.75) is 13.0 Å². The van der Waals surface area contributed by atoms with E-state index in [1.54, 1.807) is 6.61 Å². The van der Waals surface area contributed by atoms with Gasteiger partial charge in [0.25, 0.3) is 5.97 Å². The summed E-state index contributed by atoms with van der Waals surface area (Å²) in [5.41, 5.74) is 0. The molecule has 1 aliphatic heterocycles. The summed E-state index contributed by atoms with van der Waals surface area (Å²) in [7, 11) is 0. The Morgan fingerprint density at radius 3 is 2.50 bits per heavy atom. The fourth-order valence-electron chi connectivity index (χ4n) is 0.272. The third-order valence-corrected chi connectivity index (χ3v) is 0.661. The number of esters is 1. The third-order valence-electron chi connectivity index (χ3n) is 0.661. The first-order valence-electron chi connectivity index (χ1n) is 2.28. The second kappa shape index (κ2) is 7.30. The second-order valence-electron chi connectivity index (χ2n) is 1.48. The van der Waals surface area contributed by atoms with Gasteiger partial charge in [0.2, 0.25) is 0 Å². The Morgan fingerprint density at radius 2 is 2.20 bits per heavy atom. The molecule has 0 N–H and O–H groups in total. The van der Waals surface area contributed by atoms with Gasteiger partial charge in [-0.05, 0) is 0 Å². The molecule has 2 radical (unpaired) electrons. The molecular formula is C5H6O3Y2-2. The van der Waals surface area contributed by atoms with Gasteiger partial charge in [0.1, 0.15) is 0 Å². The minimum atomic E-state index is -0.311. The van der Waals surface area contributed by atoms with Gasteiger partial charge in [-0.25, -0.2) is 6.61 Å².